The van der Waals surface area contributed by atoms with Gasteiger partial charge in [-0.15, -0.1) is 0 Å². The lowest BCUT2D eigenvalue weighted by molar-refractivity contribution is -0.385. The third-order valence-corrected chi connectivity index (χ3v) is 3.41. The number of hydrogen-bond donors (Lipinski definition) is 1. The first-order chi connectivity index (χ1) is 11.8. The van der Waals surface area contributed by atoms with Crippen LogP contribution >= 0.6 is 0 Å². The maximum Gasteiger partial charge on any atom is 0.345 e. The number of ether oxygens (including phenoxy) is 1. The van der Waals surface area contributed by atoms with Crippen LogP contribution in [-0.4, -0.2) is 22.9 Å². The highest BCUT2D eigenvalue weighted by atomic mass is 19.1. The maximum absolute atomic E-state index is 13.5. The number of para-hydroxylation sites is 1. The topological polar surface area (TPSA) is 98.5 Å². The van der Waals surface area contributed by atoms with Crippen LogP contribution in [0, 0.1) is 22.9 Å². The number of rotatable bonds is 5. The zero-order valence-electron chi connectivity index (χ0n) is 13.5. The summed E-state index contributed by atoms with van der Waals surface area (Å²) < 4.78 is 18.4. The number of nitro groups is 1. The first-order valence-corrected chi connectivity index (χ1v) is 7.31. The normalized spacial score (nSPS) is 11.5. The minimum Gasteiger partial charge on any atom is -0.449 e. The van der Waals surface area contributed by atoms with Crippen molar-refractivity contribution < 1.29 is 23.6 Å². The number of carbonyl (C=O) groups excluding carboxylic acids is 2. The molecule has 0 aliphatic heterocycles. The monoisotopic (exact) mass is 346 g/mol. The van der Waals surface area contributed by atoms with E-state index in [1.54, 1.807) is 6.92 Å². The highest BCUT2D eigenvalue weighted by Crippen LogP contribution is 2.19. The molecule has 130 valence electrons. The Bertz CT molecular complexity index is 838. The van der Waals surface area contributed by atoms with Crippen LogP contribution < -0.4 is 5.32 Å². The average molecular weight is 346 g/mol. The number of aryl methyl sites for hydroxylation is 1. The highest BCUT2D eigenvalue weighted by Gasteiger charge is 2.25. The lowest BCUT2D eigenvalue weighted by atomic mass is 10.2. The van der Waals surface area contributed by atoms with Gasteiger partial charge < -0.3 is 10.1 Å². The van der Waals surface area contributed by atoms with Gasteiger partial charge in [0.2, 0.25) is 0 Å². The zero-order valence-corrected chi connectivity index (χ0v) is 13.5. The van der Waals surface area contributed by atoms with Crippen molar-refractivity contribution in [2.24, 2.45) is 0 Å². The van der Waals surface area contributed by atoms with Crippen molar-refractivity contribution in [2.45, 2.75) is 20.0 Å². The van der Waals surface area contributed by atoms with Crippen molar-refractivity contribution in [3.8, 4) is 0 Å². The Morgan fingerprint density at radius 3 is 2.56 bits per heavy atom. The van der Waals surface area contributed by atoms with Crippen LogP contribution in [-0.2, 0) is 9.53 Å². The van der Waals surface area contributed by atoms with Gasteiger partial charge in [0.25, 0.3) is 11.6 Å². The molecule has 0 fully saturated rings. The first kappa shape index (κ1) is 18.1. The van der Waals surface area contributed by atoms with Crippen molar-refractivity contribution in [3.05, 3.63) is 69.5 Å². The van der Waals surface area contributed by atoms with Crippen molar-refractivity contribution in [3.63, 3.8) is 0 Å². The fourth-order valence-electron chi connectivity index (χ4n) is 2.00. The van der Waals surface area contributed by atoms with E-state index in [2.05, 4.69) is 5.32 Å². The lowest BCUT2D eigenvalue weighted by Gasteiger charge is -2.14. The predicted octanol–water partition coefficient (Wildman–Crippen LogP) is 3.23. The second-order valence-corrected chi connectivity index (χ2v) is 5.28. The minimum absolute atomic E-state index is 0.210. The molecule has 1 amide bonds. The van der Waals surface area contributed by atoms with E-state index in [1.165, 1.54) is 37.3 Å². The molecule has 0 heterocycles. The summed E-state index contributed by atoms with van der Waals surface area (Å²) in [5.74, 6) is -2.16. The lowest BCUT2D eigenvalue weighted by Crippen LogP contribution is -2.30. The molecule has 1 unspecified atom stereocenters. The fraction of sp³-hybridized carbons (Fsp3) is 0.176. The van der Waals surface area contributed by atoms with Crippen LogP contribution in [0.2, 0.25) is 0 Å². The van der Waals surface area contributed by atoms with Crippen molar-refractivity contribution in [1.82, 2.24) is 0 Å². The first-order valence-electron chi connectivity index (χ1n) is 7.31. The zero-order chi connectivity index (χ0) is 18.6. The van der Waals surface area contributed by atoms with Crippen LogP contribution in [0.5, 0.6) is 0 Å². The van der Waals surface area contributed by atoms with Gasteiger partial charge in [-0.1, -0.05) is 18.2 Å². The van der Waals surface area contributed by atoms with Crippen molar-refractivity contribution in [1.29, 1.82) is 0 Å². The summed E-state index contributed by atoms with van der Waals surface area (Å²) in [7, 11) is 0. The summed E-state index contributed by atoms with van der Waals surface area (Å²) in [6.45, 7) is 2.89. The summed E-state index contributed by atoms with van der Waals surface area (Å²) in [6, 6.07) is 9.41. The molecular weight excluding hydrogens is 331 g/mol. The summed E-state index contributed by atoms with van der Waals surface area (Å²) in [5.41, 5.74) is -0.0372. The minimum atomic E-state index is -1.23. The highest BCUT2D eigenvalue weighted by molar-refractivity contribution is 5.98. The Labute approximate surface area is 142 Å². The largest absolute Gasteiger partial charge is 0.449 e. The molecule has 0 spiro atoms. The number of esters is 1. The van der Waals surface area contributed by atoms with Crippen LogP contribution in [0.15, 0.2) is 42.5 Å². The molecule has 0 aliphatic carbocycles. The van der Waals surface area contributed by atoms with Gasteiger partial charge in [-0.05, 0) is 37.6 Å². The molecule has 0 saturated carbocycles. The van der Waals surface area contributed by atoms with Crippen LogP contribution in [0.4, 0.5) is 15.8 Å². The van der Waals surface area contributed by atoms with Gasteiger partial charge in [-0.3, -0.25) is 14.9 Å². The van der Waals surface area contributed by atoms with Gasteiger partial charge in [-0.2, -0.15) is 0 Å². The molecule has 1 N–H and O–H groups in total. The number of nitrogens with zero attached hydrogens (tertiary/aromatic N) is 1. The molecule has 0 saturated heterocycles. The molecule has 1 atom stereocenters. The Kier molecular flexibility index (Phi) is 5.43. The van der Waals surface area contributed by atoms with E-state index in [4.69, 9.17) is 4.74 Å². The van der Waals surface area contributed by atoms with E-state index in [-0.39, 0.29) is 11.3 Å². The SMILES string of the molecule is Cc1ccc(NC(=O)C(C)OC(=O)c2ccccc2[N+](=O)[O-])cc1F. The van der Waals surface area contributed by atoms with E-state index in [9.17, 15) is 24.1 Å². The Morgan fingerprint density at radius 1 is 1.24 bits per heavy atom. The predicted molar refractivity (Wildman–Crippen MR) is 87.7 cm³/mol. The van der Waals surface area contributed by atoms with Crippen LogP contribution in [0.25, 0.3) is 0 Å². The molecule has 0 aliphatic rings. The number of halogens is 1. The molecule has 0 aromatic heterocycles. The summed E-state index contributed by atoms with van der Waals surface area (Å²) >= 11 is 0. The van der Waals surface area contributed by atoms with Gasteiger partial charge in [0, 0.05) is 11.8 Å². The smallest absolute Gasteiger partial charge is 0.345 e. The standard InChI is InChI=1S/C17H15FN2O5/c1-10-7-8-12(9-14(10)18)19-16(21)11(2)25-17(22)13-5-3-4-6-15(13)20(23)24/h3-9,11H,1-2H3,(H,19,21). The van der Waals surface area contributed by atoms with Gasteiger partial charge in [-0.25, -0.2) is 9.18 Å². The molecule has 0 bridgehead atoms. The Morgan fingerprint density at radius 2 is 1.92 bits per heavy atom. The fourth-order valence-corrected chi connectivity index (χ4v) is 2.00. The number of carbonyl (C=O) groups is 2. The molecule has 2 rings (SSSR count). The summed E-state index contributed by atoms with van der Waals surface area (Å²) in [5, 5.41) is 13.3. The van der Waals surface area contributed by atoms with Gasteiger partial charge in [0.1, 0.15) is 11.4 Å². The van der Waals surface area contributed by atoms with E-state index in [0.29, 0.717) is 5.56 Å². The molecule has 2 aromatic carbocycles. The number of nitro benzene ring substituents is 1. The molecule has 0 radical (unpaired) electrons. The third kappa shape index (κ3) is 4.37. The van der Waals surface area contributed by atoms with Crippen molar-refractivity contribution in [2.75, 3.05) is 5.32 Å². The molecule has 7 nitrogen and oxygen atoms in total. The second kappa shape index (κ2) is 7.52. The van der Waals surface area contributed by atoms with E-state index in [1.807, 2.05) is 0 Å². The number of benzene rings is 2. The number of hydrogen-bond acceptors (Lipinski definition) is 5. The van der Waals surface area contributed by atoms with Gasteiger partial charge >= 0.3 is 5.97 Å². The molecular formula is C17H15FN2O5. The average Bonchev–Trinajstić information content (AvgIpc) is 2.58. The van der Waals surface area contributed by atoms with Gasteiger partial charge in [0.15, 0.2) is 6.10 Å². The molecule has 25 heavy (non-hydrogen) atoms. The Balaban J connectivity index is 2.07. The van der Waals surface area contributed by atoms with E-state index < -0.39 is 34.4 Å². The molecule has 8 heteroatoms. The summed E-state index contributed by atoms with van der Waals surface area (Å²) in [6.07, 6.45) is -1.23. The summed E-state index contributed by atoms with van der Waals surface area (Å²) in [4.78, 5) is 34.3. The van der Waals surface area contributed by atoms with E-state index in [0.717, 1.165) is 12.1 Å². The van der Waals surface area contributed by atoms with E-state index >= 15 is 0 Å². The number of amides is 1. The van der Waals surface area contributed by atoms with Crippen molar-refractivity contribution >= 4 is 23.3 Å². The number of nitrogens with one attached hydrogen (secondary N) is 1. The third-order valence-electron chi connectivity index (χ3n) is 3.41. The second-order valence-electron chi connectivity index (χ2n) is 5.28. The quantitative estimate of drug-likeness (QED) is 0.509. The van der Waals surface area contributed by atoms with Crippen LogP contribution in [0.3, 0.4) is 0 Å². The molecule has 2 aromatic rings. The number of anilines is 1. The van der Waals surface area contributed by atoms with Crippen LogP contribution in [0.1, 0.15) is 22.8 Å². The van der Waals surface area contributed by atoms with Gasteiger partial charge in [0.05, 0.1) is 4.92 Å². The Hall–Kier alpha value is -3.29. The maximum atomic E-state index is 13.5.